The summed E-state index contributed by atoms with van der Waals surface area (Å²) in [6, 6.07) is 2.30. The Bertz CT molecular complexity index is 436. The molecule has 2 saturated heterocycles. The number of likely N-dealkylation sites (tertiary alicyclic amines) is 1. The number of ether oxygens (including phenoxy) is 1. The highest BCUT2D eigenvalue weighted by Crippen LogP contribution is 2.33. The highest BCUT2D eigenvalue weighted by molar-refractivity contribution is 5.33. The van der Waals surface area contributed by atoms with Gasteiger partial charge >= 0.3 is 0 Å². The van der Waals surface area contributed by atoms with Crippen molar-refractivity contribution in [3.63, 3.8) is 0 Å². The number of nitrogens with zero attached hydrogens (tertiary/aromatic N) is 4. The third kappa shape index (κ3) is 2.32. The zero-order chi connectivity index (χ0) is 12.7. The molecule has 5 nitrogen and oxygen atoms in total. The molecule has 2 atom stereocenters. The van der Waals surface area contributed by atoms with Crippen LogP contribution < -0.4 is 4.90 Å². The topological polar surface area (TPSA) is 41.5 Å². The van der Waals surface area contributed by atoms with Crippen molar-refractivity contribution in [3.8, 4) is 0 Å². The minimum atomic E-state index is 0.330. The number of fused-ring (bicyclic) bond motifs is 1. The van der Waals surface area contributed by atoms with Crippen molar-refractivity contribution in [3.05, 3.63) is 18.5 Å². The van der Waals surface area contributed by atoms with Crippen molar-refractivity contribution in [2.75, 3.05) is 37.7 Å². The molecule has 3 heterocycles. The average Bonchev–Trinajstić information content (AvgIpc) is 3.16. The molecule has 0 radical (unpaired) electrons. The second kappa shape index (κ2) is 4.72. The van der Waals surface area contributed by atoms with E-state index in [1.807, 2.05) is 18.5 Å². The Morgan fingerprint density at radius 1 is 1.21 bits per heavy atom. The smallest absolute Gasteiger partial charge is 0.225 e. The molecule has 5 heteroatoms. The van der Waals surface area contributed by atoms with Crippen LogP contribution in [0.3, 0.4) is 0 Å². The molecule has 2 aliphatic heterocycles. The highest BCUT2D eigenvalue weighted by Gasteiger charge is 2.42. The van der Waals surface area contributed by atoms with Gasteiger partial charge in [0.25, 0.3) is 0 Å². The normalized spacial score (nSPS) is 31.5. The van der Waals surface area contributed by atoms with E-state index in [4.69, 9.17) is 4.74 Å². The number of hydrogen-bond donors (Lipinski definition) is 0. The first kappa shape index (κ1) is 11.6. The van der Waals surface area contributed by atoms with E-state index in [0.717, 1.165) is 38.1 Å². The van der Waals surface area contributed by atoms with Gasteiger partial charge in [-0.15, -0.1) is 0 Å². The van der Waals surface area contributed by atoms with Crippen LogP contribution in [0.25, 0.3) is 0 Å². The minimum absolute atomic E-state index is 0.330. The predicted molar refractivity (Wildman–Crippen MR) is 72.1 cm³/mol. The molecular weight excluding hydrogens is 240 g/mol. The van der Waals surface area contributed by atoms with Gasteiger partial charge in [-0.25, -0.2) is 9.97 Å². The molecule has 1 aromatic heterocycles. The first-order chi connectivity index (χ1) is 9.40. The number of anilines is 1. The maximum Gasteiger partial charge on any atom is 0.225 e. The molecule has 19 heavy (non-hydrogen) atoms. The largest absolute Gasteiger partial charge is 0.373 e. The molecule has 0 aromatic carbocycles. The lowest BCUT2D eigenvalue weighted by molar-refractivity contribution is 0.0301. The van der Waals surface area contributed by atoms with Gasteiger partial charge in [0, 0.05) is 38.6 Å². The molecule has 0 N–H and O–H groups in total. The summed E-state index contributed by atoms with van der Waals surface area (Å²) in [5, 5.41) is 0. The molecular formula is C14H20N4O. The van der Waals surface area contributed by atoms with Gasteiger partial charge in [-0.3, -0.25) is 4.90 Å². The molecule has 0 spiro atoms. The number of morpholine rings is 1. The van der Waals surface area contributed by atoms with Gasteiger partial charge < -0.3 is 9.64 Å². The summed E-state index contributed by atoms with van der Waals surface area (Å²) in [7, 11) is 0. The zero-order valence-electron chi connectivity index (χ0n) is 11.1. The van der Waals surface area contributed by atoms with Crippen molar-refractivity contribution in [1.29, 1.82) is 0 Å². The van der Waals surface area contributed by atoms with Crippen LogP contribution in [-0.4, -0.2) is 59.8 Å². The molecule has 4 rings (SSSR count). The zero-order valence-corrected chi connectivity index (χ0v) is 11.1. The lowest BCUT2D eigenvalue weighted by Gasteiger charge is -2.36. The number of hydrogen-bond acceptors (Lipinski definition) is 5. The maximum atomic E-state index is 5.95. The summed E-state index contributed by atoms with van der Waals surface area (Å²) in [6.45, 7) is 5.11. The van der Waals surface area contributed by atoms with Crippen molar-refractivity contribution >= 4 is 5.95 Å². The second-order valence-electron chi connectivity index (χ2n) is 5.88. The van der Waals surface area contributed by atoms with Crippen LogP contribution in [0.5, 0.6) is 0 Å². The van der Waals surface area contributed by atoms with E-state index < -0.39 is 0 Å². The predicted octanol–water partition coefficient (Wildman–Crippen LogP) is 0.776. The van der Waals surface area contributed by atoms with Gasteiger partial charge in [0.15, 0.2) is 0 Å². The summed E-state index contributed by atoms with van der Waals surface area (Å²) < 4.78 is 5.95. The molecule has 0 bridgehead atoms. The van der Waals surface area contributed by atoms with Crippen molar-refractivity contribution in [2.24, 2.45) is 5.92 Å². The van der Waals surface area contributed by atoms with Crippen LogP contribution in [0, 0.1) is 5.92 Å². The van der Waals surface area contributed by atoms with Gasteiger partial charge in [-0.05, 0) is 24.8 Å². The second-order valence-corrected chi connectivity index (χ2v) is 5.88. The van der Waals surface area contributed by atoms with E-state index in [0.29, 0.717) is 12.1 Å². The van der Waals surface area contributed by atoms with Gasteiger partial charge in [-0.1, -0.05) is 0 Å². The Balaban J connectivity index is 1.50. The Morgan fingerprint density at radius 3 is 2.84 bits per heavy atom. The number of aromatic nitrogens is 2. The number of rotatable bonds is 3. The van der Waals surface area contributed by atoms with Crippen molar-refractivity contribution in [2.45, 2.75) is 25.0 Å². The van der Waals surface area contributed by atoms with Crippen molar-refractivity contribution in [1.82, 2.24) is 14.9 Å². The molecule has 102 valence electrons. The van der Waals surface area contributed by atoms with Crippen LogP contribution in [0.2, 0.25) is 0 Å². The monoisotopic (exact) mass is 260 g/mol. The molecule has 1 aromatic rings. The first-order valence-corrected chi connectivity index (χ1v) is 7.28. The Kier molecular flexibility index (Phi) is 2.89. The van der Waals surface area contributed by atoms with Gasteiger partial charge in [0.2, 0.25) is 5.95 Å². The summed E-state index contributed by atoms with van der Waals surface area (Å²) in [6.07, 6.45) is 6.81. The fourth-order valence-electron chi connectivity index (χ4n) is 3.27. The van der Waals surface area contributed by atoms with Gasteiger partial charge in [-0.2, -0.15) is 0 Å². The van der Waals surface area contributed by atoms with E-state index in [-0.39, 0.29) is 0 Å². The van der Waals surface area contributed by atoms with E-state index in [1.54, 1.807) is 0 Å². The van der Waals surface area contributed by atoms with Crippen LogP contribution >= 0.6 is 0 Å². The highest BCUT2D eigenvalue weighted by atomic mass is 16.5. The molecule has 0 amide bonds. The van der Waals surface area contributed by atoms with Gasteiger partial charge in [0.05, 0.1) is 18.8 Å². The standard InChI is InChI=1S/C14H20N4O/c1-4-15-14(16-5-1)18-6-7-19-13-10-17(9-12(13)18)8-11-2-3-11/h1,4-5,11-13H,2-3,6-10H2/t12-,13+/m1/s1. The van der Waals surface area contributed by atoms with E-state index in [2.05, 4.69) is 19.8 Å². The molecule has 0 unspecified atom stereocenters. The summed E-state index contributed by atoms with van der Waals surface area (Å²) in [5.41, 5.74) is 0. The Labute approximate surface area is 113 Å². The quantitative estimate of drug-likeness (QED) is 0.803. The summed E-state index contributed by atoms with van der Waals surface area (Å²) in [5.74, 6) is 1.80. The molecule has 3 fully saturated rings. The first-order valence-electron chi connectivity index (χ1n) is 7.28. The fourth-order valence-corrected chi connectivity index (χ4v) is 3.27. The van der Waals surface area contributed by atoms with Gasteiger partial charge in [0.1, 0.15) is 0 Å². The third-order valence-electron chi connectivity index (χ3n) is 4.40. The Hall–Kier alpha value is -1.20. The van der Waals surface area contributed by atoms with Crippen molar-refractivity contribution < 1.29 is 4.74 Å². The van der Waals surface area contributed by atoms with E-state index in [1.165, 1.54) is 19.4 Å². The third-order valence-corrected chi connectivity index (χ3v) is 4.40. The van der Waals surface area contributed by atoms with Crippen LogP contribution in [0.4, 0.5) is 5.95 Å². The van der Waals surface area contributed by atoms with Crippen LogP contribution in [-0.2, 0) is 4.74 Å². The Morgan fingerprint density at radius 2 is 2.05 bits per heavy atom. The maximum absolute atomic E-state index is 5.95. The molecule has 1 saturated carbocycles. The molecule has 1 aliphatic carbocycles. The fraction of sp³-hybridized carbons (Fsp3) is 0.714. The SMILES string of the molecule is c1cnc(N2CCO[C@H]3CN(CC4CC4)C[C@H]32)nc1. The molecule has 3 aliphatic rings. The van der Waals surface area contributed by atoms with Crippen LogP contribution in [0.15, 0.2) is 18.5 Å². The average molecular weight is 260 g/mol. The lowest BCUT2D eigenvalue weighted by atomic mass is 10.1. The van der Waals surface area contributed by atoms with Crippen LogP contribution in [0.1, 0.15) is 12.8 Å². The minimum Gasteiger partial charge on any atom is -0.373 e. The summed E-state index contributed by atoms with van der Waals surface area (Å²) in [4.78, 5) is 13.7. The lowest BCUT2D eigenvalue weighted by Crippen LogP contribution is -2.51. The summed E-state index contributed by atoms with van der Waals surface area (Å²) >= 11 is 0. The van der Waals surface area contributed by atoms with E-state index in [9.17, 15) is 0 Å². The van der Waals surface area contributed by atoms with E-state index >= 15 is 0 Å².